The van der Waals surface area contributed by atoms with Crippen molar-refractivity contribution in [3.63, 3.8) is 0 Å². The summed E-state index contributed by atoms with van der Waals surface area (Å²) in [6.07, 6.45) is 5.57. The van der Waals surface area contributed by atoms with Crippen LogP contribution in [0.2, 0.25) is 0 Å². The molecule has 132 valence electrons. The summed E-state index contributed by atoms with van der Waals surface area (Å²) in [6, 6.07) is 16.2. The van der Waals surface area contributed by atoms with Gasteiger partial charge in [-0.05, 0) is 60.4 Å². The highest BCUT2D eigenvalue weighted by molar-refractivity contribution is 6.23. The number of nitrogens with zero attached hydrogens (tertiary/aromatic N) is 2. The molecule has 1 aliphatic rings. The van der Waals surface area contributed by atoms with Crippen molar-refractivity contribution < 1.29 is 0 Å². The average molecular weight is 344 g/mol. The van der Waals surface area contributed by atoms with Crippen molar-refractivity contribution in [3.8, 4) is 0 Å². The van der Waals surface area contributed by atoms with Crippen molar-refractivity contribution in [1.82, 2.24) is 0 Å². The van der Waals surface area contributed by atoms with Crippen molar-refractivity contribution in [2.45, 2.75) is 26.7 Å². The number of hydrogen-bond donors (Lipinski definition) is 2. The molecule has 0 heterocycles. The van der Waals surface area contributed by atoms with E-state index in [2.05, 4.69) is 48.1 Å². The van der Waals surface area contributed by atoms with Crippen LogP contribution in [0.3, 0.4) is 0 Å². The number of allylic oxidation sites excluding steroid dienone is 2. The van der Waals surface area contributed by atoms with E-state index in [1.54, 1.807) is 12.2 Å². The molecule has 26 heavy (non-hydrogen) atoms. The molecular weight excluding hydrogens is 320 g/mol. The van der Waals surface area contributed by atoms with Crippen LogP contribution in [0.15, 0.2) is 82.1 Å². The van der Waals surface area contributed by atoms with Gasteiger partial charge < -0.3 is 11.5 Å². The third-order valence-corrected chi connectivity index (χ3v) is 4.36. The normalized spacial score (nSPS) is 17.3. The maximum Gasteiger partial charge on any atom is 0.0888 e. The van der Waals surface area contributed by atoms with E-state index < -0.39 is 0 Å². The lowest BCUT2D eigenvalue weighted by Gasteiger charge is -2.13. The zero-order valence-electron chi connectivity index (χ0n) is 15.2. The smallest absolute Gasteiger partial charge is 0.0888 e. The van der Waals surface area contributed by atoms with Gasteiger partial charge in [0.25, 0.3) is 0 Å². The highest BCUT2D eigenvalue weighted by Gasteiger charge is 2.13. The molecular formula is C22H24N4. The minimum Gasteiger partial charge on any atom is -0.397 e. The Balaban J connectivity index is 1.86. The molecule has 4 N–H and O–H groups in total. The Morgan fingerprint density at radius 3 is 1.27 bits per heavy atom. The molecule has 0 atom stereocenters. The molecule has 0 unspecified atom stereocenters. The van der Waals surface area contributed by atoms with Crippen LogP contribution >= 0.6 is 0 Å². The van der Waals surface area contributed by atoms with Crippen molar-refractivity contribution in [1.29, 1.82) is 0 Å². The SMILES string of the molecule is CCc1ccc(N=C2C=C(N)C(=Nc3ccc(CC)cc3)C=C2N)cc1. The summed E-state index contributed by atoms with van der Waals surface area (Å²) < 4.78 is 0. The minimum atomic E-state index is 0.558. The van der Waals surface area contributed by atoms with Gasteiger partial charge in [-0.15, -0.1) is 0 Å². The van der Waals surface area contributed by atoms with Gasteiger partial charge in [0.15, 0.2) is 0 Å². The Morgan fingerprint density at radius 2 is 0.962 bits per heavy atom. The van der Waals surface area contributed by atoms with Crippen molar-refractivity contribution >= 4 is 22.8 Å². The molecule has 0 spiro atoms. The number of aryl methyl sites for hydroxylation is 2. The number of rotatable bonds is 4. The van der Waals surface area contributed by atoms with E-state index >= 15 is 0 Å². The van der Waals surface area contributed by atoms with E-state index in [4.69, 9.17) is 11.5 Å². The first-order chi connectivity index (χ1) is 12.6. The molecule has 0 aromatic heterocycles. The Kier molecular flexibility index (Phi) is 5.32. The molecule has 0 saturated carbocycles. The Morgan fingerprint density at radius 1 is 0.615 bits per heavy atom. The number of hydrogen-bond acceptors (Lipinski definition) is 4. The Labute approximate surface area is 154 Å². The Bertz CT molecular complexity index is 821. The van der Waals surface area contributed by atoms with Gasteiger partial charge >= 0.3 is 0 Å². The quantitative estimate of drug-likeness (QED) is 0.809. The molecule has 0 saturated heterocycles. The molecule has 0 bridgehead atoms. The second-order valence-corrected chi connectivity index (χ2v) is 6.23. The highest BCUT2D eigenvalue weighted by Crippen LogP contribution is 2.20. The summed E-state index contributed by atoms with van der Waals surface area (Å²) >= 11 is 0. The minimum absolute atomic E-state index is 0.558. The molecule has 3 rings (SSSR count). The summed E-state index contributed by atoms with van der Waals surface area (Å²) in [4.78, 5) is 9.20. The third kappa shape index (κ3) is 4.09. The fourth-order valence-electron chi connectivity index (χ4n) is 2.69. The van der Waals surface area contributed by atoms with E-state index in [1.165, 1.54) is 11.1 Å². The summed E-state index contributed by atoms with van der Waals surface area (Å²) in [5.41, 5.74) is 19.1. The van der Waals surface area contributed by atoms with Crippen LogP contribution in [0, 0.1) is 0 Å². The topological polar surface area (TPSA) is 76.8 Å². The molecule has 2 aromatic rings. The molecule has 1 aliphatic carbocycles. The van der Waals surface area contributed by atoms with Crippen LogP contribution in [-0.4, -0.2) is 11.4 Å². The molecule has 0 aliphatic heterocycles. The first-order valence-corrected chi connectivity index (χ1v) is 8.89. The van der Waals surface area contributed by atoms with E-state index in [1.807, 2.05) is 24.3 Å². The van der Waals surface area contributed by atoms with Gasteiger partial charge in [0.1, 0.15) is 0 Å². The lowest BCUT2D eigenvalue weighted by Crippen LogP contribution is -2.22. The molecule has 2 aromatic carbocycles. The van der Waals surface area contributed by atoms with E-state index in [0.29, 0.717) is 22.8 Å². The predicted molar refractivity (Wildman–Crippen MR) is 110 cm³/mol. The summed E-state index contributed by atoms with van der Waals surface area (Å²) in [6.45, 7) is 4.26. The first kappa shape index (κ1) is 17.7. The molecule has 4 nitrogen and oxygen atoms in total. The van der Waals surface area contributed by atoms with Gasteiger partial charge in [-0.1, -0.05) is 38.1 Å². The monoisotopic (exact) mass is 344 g/mol. The van der Waals surface area contributed by atoms with Crippen LogP contribution in [-0.2, 0) is 12.8 Å². The van der Waals surface area contributed by atoms with Gasteiger partial charge in [-0.25, -0.2) is 9.98 Å². The van der Waals surface area contributed by atoms with E-state index in [-0.39, 0.29) is 0 Å². The molecule has 4 heteroatoms. The largest absolute Gasteiger partial charge is 0.397 e. The van der Waals surface area contributed by atoms with Crippen LogP contribution in [0.5, 0.6) is 0 Å². The van der Waals surface area contributed by atoms with Gasteiger partial charge in [-0.3, -0.25) is 0 Å². The fraction of sp³-hybridized carbons (Fsp3) is 0.182. The second kappa shape index (κ2) is 7.83. The van der Waals surface area contributed by atoms with Gasteiger partial charge in [0.05, 0.1) is 34.2 Å². The third-order valence-electron chi connectivity index (χ3n) is 4.36. The van der Waals surface area contributed by atoms with Gasteiger partial charge in [0, 0.05) is 0 Å². The Hall–Kier alpha value is -3.14. The van der Waals surface area contributed by atoms with Gasteiger partial charge in [0.2, 0.25) is 0 Å². The maximum atomic E-state index is 6.18. The lowest BCUT2D eigenvalue weighted by molar-refractivity contribution is 1.14. The lowest BCUT2D eigenvalue weighted by atomic mass is 10.1. The standard InChI is InChI=1S/C22H24N4/c1-3-15-5-9-17(10-6-15)25-21-13-20(24)22(14-19(21)23)26-18-11-7-16(4-2)8-12-18/h5-14H,3-4,23-24H2,1-2H3. The second-order valence-electron chi connectivity index (χ2n) is 6.23. The zero-order chi connectivity index (χ0) is 18.5. The summed E-state index contributed by atoms with van der Waals surface area (Å²) in [5.74, 6) is 0. The highest BCUT2D eigenvalue weighted by atomic mass is 14.8. The van der Waals surface area contributed by atoms with Crippen LogP contribution < -0.4 is 11.5 Å². The van der Waals surface area contributed by atoms with Crippen molar-refractivity contribution in [2.24, 2.45) is 21.5 Å². The molecule has 0 amide bonds. The molecule has 0 fully saturated rings. The number of nitrogens with two attached hydrogens (primary N) is 2. The van der Waals surface area contributed by atoms with Crippen molar-refractivity contribution in [2.75, 3.05) is 0 Å². The maximum absolute atomic E-state index is 6.18. The fourth-order valence-corrected chi connectivity index (χ4v) is 2.69. The summed E-state index contributed by atoms with van der Waals surface area (Å²) in [5, 5.41) is 0. The average Bonchev–Trinajstić information content (AvgIpc) is 2.67. The summed E-state index contributed by atoms with van der Waals surface area (Å²) in [7, 11) is 0. The van der Waals surface area contributed by atoms with Crippen LogP contribution in [0.1, 0.15) is 25.0 Å². The zero-order valence-corrected chi connectivity index (χ0v) is 15.2. The van der Waals surface area contributed by atoms with E-state index in [0.717, 1.165) is 24.2 Å². The van der Waals surface area contributed by atoms with Gasteiger partial charge in [-0.2, -0.15) is 0 Å². The first-order valence-electron chi connectivity index (χ1n) is 8.89. The van der Waals surface area contributed by atoms with Crippen molar-refractivity contribution in [3.05, 3.63) is 83.2 Å². The number of benzene rings is 2. The predicted octanol–water partition coefficient (Wildman–Crippen LogP) is 4.36. The van der Waals surface area contributed by atoms with E-state index in [9.17, 15) is 0 Å². The molecule has 0 radical (unpaired) electrons. The number of aliphatic imine (C=N–C) groups is 2. The van der Waals surface area contributed by atoms with Crippen LogP contribution in [0.25, 0.3) is 0 Å². The van der Waals surface area contributed by atoms with Crippen LogP contribution in [0.4, 0.5) is 11.4 Å².